The largest absolute Gasteiger partial charge is 0.371 e. The third-order valence-corrected chi connectivity index (χ3v) is 4.57. The van der Waals surface area contributed by atoms with Gasteiger partial charge in [-0.1, -0.05) is 30.3 Å². The fourth-order valence-electron chi connectivity index (χ4n) is 3.09. The maximum absolute atomic E-state index is 12.3. The van der Waals surface area contributed by atoms with Gasteiger partial charge in [-0.25, -0.2) is 0 Å². The van der Waals surface area contributed by atoms with Crippen molar-refractivity contribution in [3.63, 3.8) is 0 Å². The number of anilines is 1. The molecule has 2 aromatic carbocycles. The minimum Gasteiger partial charge on any atom is -0.371 e. The Morgan fingerprint density at radius 3 is 2.33 bits per heavy atom. The van der Waals surface area contributed by atoms with E-state index in [9.17, 15) is 9.59 Å². The summed E-state index contributed by atoms with van der Waals surface area (Å²) >= 11 is 0. The van der Waals surface area contributed by atoms with E-state index in [1.165, 1.54) is 0 Å². The van der Waals surface area contributed by atoms with Crippen molar-refractivity contribution in [3.05, 3.63) is 65.7 Å². The van der Waals surface area contributed by atoms with Crippen molar-refractivity contribution in [3.8, 4) is 0 Å². The highest BCUT2D eigenvalue weighted by Crippen LogP contribution is 2.23. The highest BCUT2D eigenvalue weighted by atomic mass is 16.1. The average Bonchev–Trinajstić information content (AvgIpc) is 2.67. The first-order valence-electron chi connectivity index (χ1n) is 8.38. The van der Waals surface area contributed by atoms with Crippen molar-refractivity contribution >= 4 is 17.9 Å². The number of aldehydes is 1. The summed E-state index contributed by atoms with van der Waals surface area (Å²) in [6.07, 6.45) is 2.57. The third-order valence-electron chi connectivity index (χ3n) is 4.57. The molecule has 0 spiro atoms. The summed E-state index contributed by atoms with van der Waals surface area (Å²) in [5, 5.41) is 3.04. The van der Waals surface area contributed by atoms with Gasteiger partial charge in [0, 0.05) is 36.8 Å². The van der Waals surface area contributed by atoms with Gasteiger partial charge < -0.3 is 10.2 Å². The maximum Gasteiger partial charge on any atom is 0.223 e. The molecule has 0 saturated carbocycles. The first-order chi connectivity index (χ1) is 11.8. The molecular weight excluding hydrogens is 300 g/mol. The van der Waals surface area contributed by atoms with Crippen LogP contribution in [-0.2, 0) is 11.3 Å². The summed E-state index contributed by atoms with van der Waals surface area (Å²) in [6.45, 7) is 2.32. The normalized spacial score (nSPS) is 15.1. The lowest BCUT2D eigenvalue weighted by atomic mass is 9.95. The molecule has 0 radical (unpaired) electrons. The van der Waals surface area contributed by atoms with Gasteiger partial charge >= 0.3 is 0 Å². The first-order valence-corrected chi connectivity index (χ1v) is 8.38. The van der Waals surface area contributed by atoms with Crippen LogP contribution in [0, 0.1) is 5.92 Å². The van der Waals surface area contributed by atoms with E-state index in [4.69, 9.17) is 0 Å². The number of benzene rings is 2. The second-order valence-corrected chi connectivity index (χ2v) is 6.17. The van der Waals surface area contributed by atoms with Gasteiger partial charge in [-0.3, -0.25) is 9.59 Å². The van der Waals surface area contributed by atoms with Crippen LogP contribution in [-0.4, -0.2) is 25.3 Å². The Bertz CT molecular complexity index is 675. The molecule has 2 aromatic rings. The molecule has 0 bridgehead atoms. The van der Waals surface area contributed by atoms with Crippen molar-refractivity contribution in [1.82, 2.24) is 5.32 Å². The number of carbonyl (C=O) groups is 2. The number of rotatable bonds is 5. The average molecular weight is 322 g/mol. The Balaban J connectivity index is 1.48. The first kappa shape index (κ1) is 16.2. The molecule has 24 heavy (non-hydrogen) atoms. The molecule has 1 fully saturated rings. The van der Waals surface area contributed by atoms with Gasteiger partial charge in [-0.05, 0) is 42.7 Å². The summed E-state index contributed by atoms with van der Waals surface area (Å²) in [7, 11) is 0. The Kier molecular flexibility index (Phi) is 5.26. The predicted octanol–water partition coefficient (Wildman–Crippen LogP) is 3.03. The SMILES string of the molecule is O=Cc1ccc(N2CCC(C(=O)NCc3ccccc3)CC2)cc1. The Labute approximate surface area is 142 Å². The maximum atomic E-state index is 12.3. The van der Waals surface area contributed by atoms with Crippen molar-refractivity contribution in [2.24, 2.45) is 5.92 Å². The van der Waals surface area contributed by atoms with E-state index >= 15 is 0 Å². The van der Waals surface area contributed by atoms with Crippen LogP contribution in [0.3, 0.4) is 0 Å². The van der Waals surface area contributed by atoms with Gasteiger partial charge in [-0.2, -0.15) is 0 Å². The number of piperidine rings is 1. The molecule has 0 aliphatic carbocycles. The van der Waals surface area contributed by atoms with Gasteiger partial charge in [0.25, 0.3) is 0 Å². The van der Waals surface area contributed by atoms with Crippen molar-refractivity contribution in [2.75, 3.05) is 18.0 Å². The molecule has 1 heterocycles. The van der Waals surface area contributed by atoms with Crippen molar-refractivity contribution < 1.29 is 9.59 Å². The van der Waals surface area contributed by atoms with E-state index in [0.717, 1.165) is 43.5 Å². The van der Waals surface area contributed by atoms with Crippen LogP contribution in [0.5, 0.6) is 0 Å². The Morgan fingerprint density at radius 1 is 1.04 bits per heavy atom. The summed E-state index contributed by atoms with van der Waals surface area (Å²) in [5.74, 6) is 0.231. The minimum atomic E-state index is 0.0826. The van der Waals surface area contributed by atoms with Crippen LogP contribution >= 0.6 is 0 Å². The smallest absolute Gasteiger partial charge is 0.223 e. The van der Waals surface area contributed by atoms with E-state index in [1.807, 2.05) is 54.6 Å². The summed E-state index contributed by atoms with van der Waals surface area (Å²) in [4.78, 5) is 25.3. The molecule has 0 atom stereocenters. The molecule has 1 aliphatic rings. The minimum absolute atomic E-state index is 0.0826. The number of hydrogen-bond donors (Lipinski definition) is 1. The van der Waals surface area contributed by atoms with Crippen LogP contribution in [0.2, 0.25) is 0 Å². The van der Waals surface area contributed by atoms with Crippen molar-refractivity contribution in [1.29, 1.82) is 0 Å². The number of amides is 1. The fourth-order valence-corrected chi connectivity index (χ4v) is 3.09. The van der Waals surface area contributed by atoms with E-state index in [0.29, 0.717) is 12.1 Å². The molecule has 4 nitrogen and oxygen atoms in total. The lowest BCUT2D eigenvalue weighted by Crippen LogP contribution is -2.40. The molecule has 3 rings (SSSR count). The second-order valence-electron chi connectivity index (χ2n) is 6.17. The van der Waals surface area contributed by atoms with E-state index in [2.05, 4.69) is 10.2 Å². The summed E-state index contributed by atoms with van der Waals surface area (Å²) < 4.78 is 0. The molecule has 124 valence electrons. The summed E-state index contributed by atoms with van der Waals surface area (Å²) in [6, 6.07) is 17.6. The zero-order valence-corrected chi connectivity index (χ0v) is 13.7. The van der Waals surface area contributed by atoms with Gasteiger partial charge in [0.05, 0.1) is 0 Å². The molecule has 1 saturated heterocycles. The van der Waals surface area contributed by atoms with Crippen LogP contribution in [0.25, 0.3) is 0 Å². The quantitative estimate of drug-likeness (QED) is 0.861. The van der Waals surface area contributed by atoms with Gasteiger partial charge in [0.1, 0.15) is 6.29 Å². The number of nitrogens with zero attached hydrogens (tertiary/aromatic N) is 1. The number of carbonyl (C=O) groups excluding carboxylic acids is 2. The predicted molar refractivity (Wildman–Crippen MR) is 95.1 cm³/mol. The lowest BCUT2D eigenvalue weighted by Gasteiger charge is -2.33. The van der Waals surface area contributed by atoms with Crippen LogP contribution in [0.15, 0.2) is 54.6 Å². The highest BCUT2D eigenvalue weighted by molar-refractivity contribution is 5.79. The number of hydrogen-bond acceptors (Lipinski definition) is 3. The molecule has 1 aliphatic heterocycles. The lowest BCUT2D eigenvalue weighted by molar-refractivity contribution is -0.125. The van der Waals surface area contributed by atoms with E-state index in [1.54, 1.807) is 0 Å². The fraction of sp³-hybridized carbons (Fsp3) is 0.300. The molecule has 1 amide bonds. The third kappa shape index (κ3) is 4.02. The monoisotopic (exact) mass is 322 g/mol. The van der Waals surface area contributed by atoms with E-state index < -0.39 is 0 Å². The van der Waals surface area contributed by atoms with Crippen molar-refractivity contribution in [2.45, 2.75) is 19.4 Å². The molecule has 0 unspecified atom stereocenters. The van der Waals surface area contributed by atoms with E-state index in [-0.39, 0.29) is 11.8 Å². The van der Waals surface area contributed by atoms with Gasteiger partial charge in [-0.15, -0.1) is 0 Å². The van der Waals surface area contributed by atoms with Gasteiger partial charge in [0.15, 0.2) is 0 Å². The Hall–Kier alpha value is -2.62. The van der Waals surface area contributed by atoms with Crippen LogP contribution in [0.4, 0.5) is 5.69 Å². The second kappa shape index (κ2) is 7.77. The van der Waals surface area contributed by atoms with Crippen LogP contribution < -0.4 is 10.2 Å². The zero-order chi connectivity index (χ0) is 16.8. The Morgan fingerprint density at radius 2 is 1.71 bits per heavy atom. The highest BCUT2D eigenvalue weighted by Gasteiger charge is 2.24. The molecule has 0 aromatic heterocycles. The molecule has 4 heteroatoms. The van der Waals surface area contributed by atoms with Gasteiger partial charge in [0.2, 0.25) is 5.91 Å². The standard InChI is InChI=1S/C20H22N2O2/c23-15-17-6-8-19(9-7-17)22-12-10-18(11-13-22)20(24)21-14-16-4-2-1-3-5-16/h1-9,15,18H,10-14H2,(H,21,24). The zero-order valence-electron chi connectivity index (χ0n) is 13.7. The molecular formula is C20H22N2O2. The topological polar surface area (TPSA) is 49.4 Å². The summed E-state index contributed by atoms with van der Waals surface area (Å²) in [5.41, 5.74) is 2.93. The van der Waals surface area contributed by atoms with Crippen LogP contribution in [0.1, 0.15) is 28.8 Å². The molecule has 1 N–H and O–H groups in total. The number of nitrogens with one attached hydrogen (secondary N) is 1.